The van der Waals surface area contributed by atoms with Gasteiger partial charge in [-0.15, -0.1) is 0 Å². The van der Waals surface area contributed by atoms with Crippen LogP contribution in [0.5, 0.6) is 23.0 Å². The van der Waals surface area contributed by atoms with Gasteiger partial charge in [0, 0.05) is 19.1 Å². The lowest BCUT2D eigenvalue weighted by molar-refractivity contribution is -0.117. The van der Waals surface area contributed by atoms with Gasteiger partial charge in [-0.3, -0.25) is 14.5 Å². The maximum Gasteiger partial charge on any atom is 0.255 e. The highest BCUT2D eigenvalue weighted by molar-refractivity contribution is 6.26. The van der Waals surface area contributed by atoms with E-state index in [9.17, 15) is 9.59 Å². The van der Waals surface area contributed by atoms with Crippen LogP contribution in [0.4, 0.5) is 11.4 Å². The van der Waals surface area contributed by atoms with E-state index in [1.165, 1.54) is 45.3 Å². The number of amidine groups is 1. The molecular formula is C22H25N3O6. The lowest BCUT2D eigenvalue weighted by atomic mass is 10.1. The van der Waals surface area contributed by atoms with E-state index in [4.69, 9.17) is 18.9 Å². The number of methoxy groups -OCH3 is 4. The Kier molecular flexibility index (Phi) is 6.33. The van der Waals surface area contributed by atoms with Crippen LogP contribution in [0.25, 0.3) is 0 Å². The van der Waals surface area contributed by atoms with Gasteiger partial charge in [0.05, 0.1) is 40.5 Å². The molecule has 0 aromatic heterocycles. The summed E-state index contributed by atoms with van der Waals surface area (Å²) in [5.74, 6) is 1.31. The number of carbonyl (C=O) groups excluding carboxylic acids is 2. The molecule has 3 rings (SSSR count). The predicted octanol–water partition coefficient (Wildman–Crippen LogP) is 3.13. The molecule has 9 nitrogen and oxygen atoms in total. The Morgan fingerprint density at radius 1 is 0.968 bits per heavy atom. The number of ether oxygens (including phenoxy) is 4. The first-order valence-electron chi connectivity index (χ1n) is 9.50. The molecule has 0 aliphatic carbocycles. The van der Waals surface area contributed by atoms with Crippen LogP contribution in [0.3, 0.4) is 0 Å². The monoisotopic (exact) mass is 427 g/mol. The first-order chi connectivity index (χ1) is 14.8. The highest BCUT2D eigenvalue weighted by atomic mass is 16.5. The molecule has 0 fully saturated rings. The van der Waals surface area contributed by atoms with Gasteiger partial charge in [0.15, 0.2) is 17.2 Å². The highest BCUT2D eigenvalue weighted by Gasteiger charge is 2.35. The van der Waals surface area contributed by atoms with Crippen molar-refractivity contribution in [3.05, 3.63) is 35.9 Å². The Morgan fingerprint density at radius 3 is 2.10 bits per heavy atom. The maximum absolute atomic E-state index is 13.0. The number of amides is 2. The van der Waals surface area contributed by atoms with Crippen molar-refractivity contribution in [2.24, 2.45) is 5.10 Å². The molecule has 1 aliphatic heterocycles. The number of aryl methyl sites for hydroxylation is 1. The third kappa shape index (κ3) is 4.11. The fourth-order valence-corrected chi connectivity index (χ4v) is 3.38. The maximum atomic E-state index is 13.0. The second kappa shape index (κ2) is 8.95. The van der Waals surface area contributed by atoms with E-state index in [-0.39, 0.29) is 24.1 Å². The number of carbonyl (C=O) groups is 2. The van der Waals surface area contributed by atoms with Crippen molar-refractivity contribution in [2.75, 3.05) is 38.3 Å². The van der Waals surface area contributed by atoms with Crippen molar-refractivity contribution in [1.29, 1.82) is 0 Å². The smallest absolute Gasteiger partial charge is 0.255 e. The number of hydrazone groups is 1. The molecule has 0 radical (unpaired) electrons. The van der Waals surface area contributed by atoms with Crippen molar-refractivity contribution in [1.82, 2.24) is 0 Å². The van der Waals surface area contributed by atoms with Crippen LogP contribution in [0.2, 0.25) is 0 Å². The normalized spacial score (nSPS) is 13.0. The molecule has 1 heterocycles. The summed E-state index contributed by atoms with van der Waals surface area (Å²) in [4.78, 5) is 26.9. The predicted molar refractivity (Wildman–Crippen MR) is 117 cm³/mol. The average Bonchev–Trinajstić information content (AvgIpc) is 3.12. The number of hydrogen-bond acceptors (Lipinski definition) is 7. The summed E-state index contributed by atoms with van der Waals surface area (Å²) >= 11 is 0. The summed E-state index contributed by atoms with van der Waals surface area (Å²) in [7, 11) is 5.99. The Labute approximate surface area is 180 Å². The number of anilines is 2. The van der Waals surface area contributed by atoms with E-state index in [1.54, 1.807) is 18.2 Å². The average molecular weight is 427 g/mol. The van der Waals surface area contributed by atoms with Gasteiger partial charge in [-0.1, -0.05) is 6.07 Å². The molecular weight excluding hydrogens is 402 g/mol. The summed E-state index contributed by atoms with van der Waals surface area (Å²) in [6.07, 6.45) is -0.0883. The quantitative estimate of drug-likeness (QED) is 0.704. The molecule has 2 aromatic carbocycles. The molecule has 2 amide bonds. The topological polar surface area (TPSA) is 89.9 Å². The second-order valence-corrected chi connectivity index (χ2v) is 6.81. The van der Waals surface area contributed by atoms with Gasteiger partial charge in [0.1, 0.15) is 17.3 Å². The van der Waals surface area contributed by atoms with E-state index in [0.29, 0.717) is 34.4 Å². The van der Waals surface area contributed by atoms with Gasteiger partial charge in [-0.25, -0.2) is 0 Å². The van der Waals surface area contributed by atoms with Gasteiger partial charge in [-0.05, 0) is 24.6 Å². The molecule has 0 spiro atoms. The van der Waals surface area contributed by atoms with E-state index >= 15 is 0 Å². The minimum atomic E-state index is -0.338. The molecule has 0 unspecified atom stereocenters. The van der Waals surface area contributed by atoms with Crippen LogP contribution < -0.4 is 28.9 Å². The van der Waals surface area contributed by atoms with Crippen LogP contribution >= 0.6 is 0 Å². The first-order valence-corrected chi connectivity index (χ1v) is 9.50. The molecule has 0 N–H and O–H groups in total. The third-order valence-electron chi connectivity index (χ3n) is 4.81. The molecule has 1 aliphatic rings. The zero-order valence-corrected chi connectivity index (χ0v) is 18.4. The van der Waals surface area contributed by atoms with Gasteiger partial charge in [0.2, 0.25) is 5.91 Å². The second-order valence-electron chi connectivity index (χ2n) is 6.81. The summed E-state index contributed by atoms with van der Waals surface area (Å²) in [6.45, 7) is 3.31. The molecule has 0 saturated heterocycles. The first kappa shape index (κ1) is 21.9. The summed E-state index contributed by atoms with van der Waals surface area (Å²) in [5.41, 5.74) is 1.77. The zero-order valence-electron chi connectivity index (χ0n) is 18.4. The van der Waals surface area contributed by atoms with E-state index in [2.05, 4.69) is 5.10 Å². The minimum absolute atomic E-state index is 0.0883. The fraction of sp³-hybridized carbons (Fsp3) is 0.318. The zero-order chi connectivity index (χ0) is 22.7. The van der Waals surface area contributed by atoms with E-state index < -0.39 is 0 Å². The molecule has 31 heavy (non-hydrogen) atoms. The van der Waals surface area contributed by atoms with Gasteiger partial charge in [0.25, 0.3) is 5.91 Å². The number of hydrogen-bond donors (Lipinski definition) is 0. The molecule has 2 aromatic rings. The van der Waals surface area contributed by atoms with Crippen LogP contribution in [-0.4, -0.2) is 46.1 Å². The van der Waals surface area contributed by atoms with Gasteiger partial charge < -0.3 is 18.9 Å². The van der Waals surface area contributed by atoms with Crippen molar-refractivity contribution < 1.29 is 28.5 Å². The van der Waals surface area contributed by atoms with Crippen LogP contribution in [-0.2, 0) is 9.59 Å². The third-order valence-corrected chi connectivity index (χ3v) is 4.81. The van der Waals surface area contributed by atoms with Gasteiger partial charge in [-0.2, -0.15) is 10.1 Å². The number of rotatable bonds is 6. The highest BCUT2D eigenvalue weighted by Crippen LogP contribution is 2.43. The summed E-state index contributed by atoms with van der Waals surface area (Å²) in [5, 5.41) is 5.65. The van der Waals surface area contributed by atoms with E-state index in [0.717, 1.165) is 5.56 Å². The Bertz CT molecular complexity index is 1020. The summed E-state index contributed by atoms with van der Waals surface area (Å²) in [6, 6.07) is 8.72. The molecule has 0 atom stereocenters. The van der Waals surface area contributed by atoms with Crippen molar-refractivity contribution >= 4 is 29.0 Å². The van der Waals surface area contributed by atoms with Crippen LogP contribution in [0.1, 0.15) is 18.9 Å². The molecule has 0 saturated carbocycles. The van der Waals surface area contributed by atoms with Gasteiger partial charge >= 0.3 is 0 Å². The van der Waals surface area contributed by atoms with Crippen molar-refractivity contribution in [3.63, 3.8) is 0 Å². The largest absolute Gasteiger partial charge is 0.496 e. The van der Waals surface area contributed by atoms with E-state index in [1.807, 2.05) is 19.1 Å². The molecule has 164 valence electrons. The summed E-state index contributed by atoms with van der Waals surface area (Å²) < 4.78 is 21.6. The molecule has 0 bridgehead atoms. The number of nitrogens with zero attached hydrogens (tertiary/aromatic N) is 3. The molecule has 9 heteroatoms. The lowest BCUT2D eigenvalue weighted by Gasteiger charge is -2.23. The minimum Gasteiger partial charge on any atom is -0.496 e. The van der Waals surface area contributed by atoms with Crippen molar-refractivity contribution in [3.8, 4) is 23.0 Å². The standard InChI is InChI=1S/C22H25N3O6/c1-13-7-8-17(29-4)16(9-13)24(14(2)26)20-12-21(27)25(23-20)22-18(30-5)10-15(28-3)11-19(22)31-6/h7-11H,12H2,1-6H3. The Balaban J connectivity index is 2.13. The van der Waals surface area contributed by atoms with Crippen molar-refractivity contribution in [2.45, 2.75) is 20.3 Å². The van der Waals surface area contributed by atoms with Crippen LogP contribution in [0.15, 0.2) is 35.4 Å². The number of benzene rings is 2. The SMILES string of the molecule is COc1cc(OC)c(N2N=C(N(C(C)=O)c3cc(C)ccc3OC)CC2=O)c(OC)c1. The van der Waals surface area contributed by atoms with Crippen LogP contribution in [0, 0.1) is 6.92 Å². The fourth-order valence-electron chi connectivity index (χ4n) is 3.38. The Morgan fingerprint density at radius 2 is 1.58 bits per heavy atom. The lowest BCUT2D eigenvalue weighted by Crippen LogP contribution is -2.35. The Hall–Kier alpha value is -3.75.